The summed E-state index contributed by atoms with van der Waals surface area (Å²) in [7, 11) is 0. The first kappa shape index (κ1) is 21.3. The fourth-order valence-electron chi connectivity index (χ4n) is 4.93. The van der Waals surface area contributed by atoms with Crippen molar-refractivity contribution in [1.29, 1.82) is 5.41 Å². The summed E-state index contributed by atoms with van der Waals surface area (Å²) in [5.74, 6) is -0.191. The minimum atomic E-state index is -0.587. The van der Waals surface area contributed by atoms with E-state index in [2.05, 4.69) is 62.5 Å². The van der Waals surface area contributed by atoms with E-state index in [-0.39, 0.29) is 23.7 Å². The van der Waals surface area contributed by atoms with Crippen molar-refractivity contribution >= 4 is 11.6 Å². The standard InChI is InChI=1S/C25H33N3O/c1-4-8-22-20(16-26)24(29)28-25(22,21-12-6-5-10-18(21)3)15-23(27)19-11-7-9-17(2)13-14-19/h5-7,9-14,19-20,22,27H,4,8,15-16,26H2,1-3H3,(H,28,29)/t19?,20?,22-,25-/m1/s1. The second-order valence-electron chi connectivity index (χ2n) is 8.40. The molecule has 29 heavy (non-hydrogen) atoms. The first-order chi connectivity index (χ1) is 13.9. The average molecular weight is 392 g/mol. The van der Waals surface area contributed by atoms with E-state index >= 15 is 0 Å². The second kappa shape index (κ2) is 8.91. The predicted molar refractivity (Wildman–Crippen MR) is 120 cm³/mol. The Labute approximate surface area is 174 Å². The molecule has 1 heterocycles. The first-order valence-electron chi connectivity index (χ1n) is 10.6. The molecule has 1 aromatic carbocycles. The molecular weight excluding hydrogens is 358 g/mol. The van der Waals surface area contributed by atoms with Gasteiger partial charge in [0.1, 0.15) is 0 Å². The molecular formula is C25H33N3O. The predicted octanol–water partition coefficient (Wildman–Crippen LogP) is 4.41. The summed E-state index contributed by atoms with van der Waals surface area (Å²) in [6.45, 7) is 6.63. The Morgan fingerprint density at radius 2 is 2.00 bits per heavy atom. The number of carbonyl (C=O) groups excluding carboxylic acids is 1. The van der Waals surface area contributed by atoms with Crippen molar-refractivity contribution in [1.82, 2.24) is 5.32 Å². The van der Waals surface area contributed by atoms with Crippen molar-refractivity contribution in [2.75, 3.05) is 6.54 Å². The van der Waals surface area contributed by atoms with Gasteiger partial charge in [-0.3, -0.25) is 4.79 Å². The van der Waals surface area contributed by atoms with E-state index in [0.717, 1.165) is 24.0 Å². The summed E-state index contributed by atoms with van der Waals surface area (Å²) in [5.41, 5.74) is 9.50. The van der Waals surface area contributed by atoms with Crippen LogP contribution < -0.4 is 11.1 Å². The number of amides is 1. The van der Waals surface area contributed by atoms with Gasteiger partial charge in [-0.05, 0) is 37.3 Å². The molecule has 0 radical (unpaired) electrons. The highest BCUT2D eigenvalue weighted by Gasteiger charge is 2.53. The molecule has 0 spiro atoms. The molecule has 4 atom stereocenters. The molecule has 3 rings (SSSR count). The van der Waals surface area contributed by atoms with Gasteiger partial charge in [-0.1, -0.05) is 73.6 Å². The zero-order valence-corrected chi connectivity index (χ0v) is 17.7. The van der Waals surface area contributed by atoms with Crippen LogP contribution in [0.5, 0.6) is 0 Å². The van der Waals surface area contributed by atoms with Crippen molar-refractivity contribution < 1.29 is 4.79 Å². The zero-order valence-electron chi connectivity index (χ0n) is 17.7. The normalized spacial score (nSPS) is 28.8. The highest BCUT2D eigenvalue weighted by molar-refractivity contribution is 5.91. The Bertz CT molecular complexity index is 867. The number of hydrogen-bond acceptors (Lipinski definition) is 3. The van der Waals surface area contributed by atoms with Crippen LogP contribution in [0.2, 0.25) is 0 Å². The lowest BCUT2D eigenvalue weighted by atomic mass is 9.68. The van der Waals surface area contributed by atoms with Gasteiger partial charge in [-0.2, -0.15) is 0 Å². The second-order valence-corrected chi connectivity index (χ2v) is 8.40. The maximum Gasteiger partial charge on any atom is 0.225 e. The molecule has 2 aliphatic rings. The summed E-state index contributed by atoms with van der Waals surface area (Å²) >= 11 is 0. The SMILES string of the molecule is CCC[C@@H]1C(CN)C(=O)N[C@]1(CC(=N)C1C=CC=C(C)C=C1)c1ccccc1C. The molecule has 1 amide bonds. The Morgan fingerprint density at radius 3 is 2.69 bits per heavy atom. The molecule has 0 bridgehead atoms. The quantitative estimate of drug-likeness (QED) is 0.602. The third-order valence-electron chi connectivity index (χ3n) is 6.40. The third kappa shape index (κ3) is 4.13. The average Bonchev–Trinajstić information content (AvgIpc) is 2.82. The van der Waals surface area contributed by atoms with E-state index in [9.17, 15) is 4.79 Å². The summed E-state index contributed by atoms with van der Waals surface area (Å²) in [5, 5.41) is 12.3. The third-order valence-corrected chi connectivity index (χ3v) is 6.40. The fraction of sp³-hybridized carbons (Fsp3) is 0.440. The Balaban J connectivity index is 2.05. The number of nitrogens with one attached hydrogen (secondary N) is 2. The van der Waals surface area contributed by atoms with Crippen LogP contribution in [0.15, 0.2) is 60.2 Å². The van der Waals surface area contributed by atoms with Crippen LogP contribution in [-0.2, 0) is 10.3 Å². The highest BCUT2D eigenvalue weighted by Crippen LogP contribution is 2.46. The Morgan fingerprint density at radius 1 is 1.24 bits per heavy atom. The van der Waals surface area contributed by atoms with Crippen LogP contribution in [0.25, 0.3) is 0 Å². The van der Waals surface area contributed by atoms with Crippen molar-refractivity contribution in [3.8, 4) is 0 Å². The number of rotatable bonds is 7. The van der Waals surface area contributed by atoms with E-state index in [4.69, 9.17) is 11.1 Å². The van der Waals surface area contributed by atoms with Crippen molar-refractivity contribution in [2.45, 2.75) is 45.6 Å². The van der Waals surface area contributed by atoms with Gasteiger partial charge in [0, 0.05) is 24.6 Å². The molecule has 1 aromatic rings. The van der Waals surface area contributed by atoms with Crippen molar-refractivity contribution in [3.05, 3.63) is 71.3 Å². The van der Waals surface area contributed by atoms with E-state index in [1.165, 1.54) is 5.57 Å². The van der Waals surface area contributed by atoms with Gasteiger partial charge in [-0.15, -0.1) is 0 Å². The number of hydrogen-bond donors (Lipinski definition) is 3. The number of benzene rings is 1. The molecule has 2 unspecified atom stereocenters. The lowest BCUT2D eigenvalue weighted by Gasteiger charge is -2.39. The largest absolute Gasteiger partial charge is 0.346 e. The number of nitrogens with two attached hydrogens (primary N) is 1. The van der Waals surface area contributed by atoms with Crippen molar-refractivity contribution in [2.24, 2.45) is 23.5 Å². The van der Waals surface area contributed by atoms with Gasteiger partial charge in [-0.25, -0.2) is 0 Å². The van der Waals surface area contributed by atoms with Gasteiger partial charge in [0.15, 0.2) is 0 Å². The summed E-state index contributed by atoms with van der Waals surface area (Å²) in [6, 6.07) is 8.24. The van der Waals surface area contributed by atoms with E-state index in [1.54, 1.807) is 0 Å². The molecule has 154 valence electrons. The number of carbonyl (C=O) groups is 1. The number of allylic oxidation sites excluding steroid dienone is 6. The topological polar surface area (TPSA) is 79.0 Å². The van der Waals surface area contributed by atoms with Gasteiger partial charge >= 0.3 is 0 Å². The summed E-state index contributed by atoms with van der Waals surface area (Å²) in [6.07, 6.45) is 12.7. The molecule has 4 heteroatoms. The smallest absolute Gasteiger partial charge is 0.225 e. The fourth-order valence-corrected chi connectivity index (χ4v) is 4.93. The van der Waals surface area contributed by atoms with Crippen LogP contribution in [0, 0.1) is 30.1 Å². The van der Waals surface area contributed by atoms with Gasteiger partial charge in [0.25, 0.3) is 0 Å². The molecule has 1 fully saturated rings. The summed E-state index contributed by atoms with van der Waals surface area (Å²) in [4.78, 5) is 12.9. The minimum absolute atomic E-state index is 0.0199. The molecule has 0 aromatic heterocycles. The molecule has 4 nitrogen and oxygen atoms in total. The maximum atomic E-state index is 12.9. The minimum Gasteiger partial charge on any atom is -0.346 e. The zero-order chi connectivity index (χ0) is 21.0. The van der Waals surface area contributed by atoms with Crippen LogP contribution in [0.1, 0.15) is 44.2 Å². The maximum absolute atomic E-state index is 12.9. The Kier molecular flexibility index (Phi) is 6.53. The van der Waals surface area contributed by atoms with Crippen LogP contribution in [-0.4, -0.2) is 18.2 Å². The lowest BCUT2D eigenvalue weighted by Crippen LogP contribution is -2.46. The van der Waals surface area contributed by atoms with Gasteiger partial charge < -0.3 is 16.5 Å². The first-order valence-corrected chi connectivity index (χ1v) is 10.6. The molecule has 4 N–H and O–H groups in total. The van der Waals surface area contributed by atoms with E-state index < -0.39 is 5.54 Å². The van der Waals surface area contributed by atoms with E-state index in [0.29, 0.717) is 18.7 Å². The molecule has 1 aliphatic carbocycles. The summed E-state index contributed by atoms with van der Waals surface area (Å²) < 4.78 is 0. The van der Waals surface area contributed by atoms with Crippen LogP contribution in [0.3, 0.4) is 0 Å². The lowest BCUT2D eigenvalue weighted by molar-refractivity contribution is -0.123. The molecule has 0 saturated carbocycles. The monoisotopic (exact) mass is 391 g/mol. The van der Waals surface area contributed by atoms with Crippen molar-refractivity contribution in [3.63, 3.8) is 0 Å². The molecule has 1 saturated heterocycles. The highest BCUT2D eigenvalue weighted by atomic mass is 16.2. The van der Waals surface area contributed by atoms with Gasteiger partial charge in [0.05, 0.1) is 11.5 Å². The number of aryl methyl sites for hydroxylation is 1. The Hall–Kier alpha value is -2.46. The van der Waals surface area contributed by atoms with Gasteiger partial charge in [0.2, 0.25) is 5.91 Å². The molecule has 1 aliphatic heterocycles. The van der Waals surface area contributed by atoms with Crippen LogP contribution in [0.4, 0.5) is 0 Å². The van der Waals surface area contributed by atoms with Crippen LogP contribution >= 0.6 is 0 Å². The van der Waals surface area contributed by atoms with E-state index in [1.807, 2.05) is 18.2 Å².